The van der Waals surface area contributed by atoms with E-state index in [0.717, 1.165) is 24.0 Å². The maximum atomic E-state index is 14.3. The molecule has 3 aliphatic carbocycles. The maximum Gasteiger partial charge on any atom is 0.482 e. The summed E-state index contributed by atoms with van der Waals surface area (Å²) in [5.41, 5.74) is 1.84. The molecule has 3 amide bonds. The minimum Gasteiger partial charge on any atom is -0.404 e. The average Bonchev–Trinajstić information content (AvgIpc) is 3.49. The molecule has 0 radical (unpaired) electrons. The number of carbonyl (C=O) groups is 3. The third kappa shape index (κ3) is 8.53. The van der Waals surface area contributed by atoms with E-state index in [-0.39, 0.29) is 35.1 Å². The van der Waals surface area contributed by atoms with Gasteiger partial charge in [0.1, 0.15) is 23.4 Å². The second-order valence-electron chi connectivity index (χ2n) is 16.4. The number of aromatic nitrogens is 2. The number of aryl methyl sites for hydroxylation is 1. The van der Waals surface area contributed by atoms with E-state index in [1.807, 2.05) is 81.4 Å². The largest absolute Gasteiger partial charge is 0.482 e. The van der Waals surface area contributed by atoms with Crippen molar-refractivity contribution in [3.63, 3.8) is 0 Å². The number of hydrogen-bond acceptors (Lipinski definition) is 8. The third-order valence-electron chi connectivity index (χ3n) is 11.2. The van der Waals surface area contributed by atoms with Crippen LogP contribution in [0.15, 0.2) is 78.8 Å². The molecule has 2 bridgehead atoms. The summed E-state index contributed by atoms with van der Waals surface area (Å²) in [7, 11) is -0.672. The molecule has 3 saturated carbocycles. The van der Waals surface area contributed by atoms with Crippen LogP contribution in [0.25, 0.3) is 6.08 Å². The first-order chi connectivity index (χ1) is 25.2. The van der Waals surface area contributed by atoms with Crippen LogP contribution in [0.2, 0.25) is 0 Å². The van der Waals surface area contributed by atoms with Crippen LogP contribution >= 0.6 is 0 Å². The number of rotatable bonds is 12. The van der Waals surface area contributed by atoms with Gasteiger partial charge in [0.25, 0.3) is 11.8 Å². The summed E-state index contributed by atoms with van der Waals surface area (Å²) in [6.07, 6.45) is 8.92. The molecule has 3 aromatic rings. The summed E-state index contributed by atoms with van der Waals surface area (Å²) < 4.78 is 13.5. The van der Waals surface area contributed by atoms with Crippen molar-refractivity contribution in [3.8, 4) is 6.07 Å². The minimum atomic E-state index is -0.944. The zero-order valence-corrected chi connectivity index (χ0v) is 31.4. The van der Waals surface area contributed by atoms with Crippen LogP contribution in [-0.4, -0.2) is 64.0 Å². The van der Waals surface area contributed by atoms with E-state index < -0.39 is 42.1 Å². The first kappa shape index (κ1) is 37.9. The number of nitrogens with one attached hydrogen (secondary N) is 3. The molecule has 3 N–H and O–H groups in total. The molecule has 1 aliphatic heterocycles. The van der Waals surface area contributed by atoms with Crippen molar-refractivity contribution in [2.45, 2.75) is 103 Å². The topological polar surface area (TPSA) is 155 Å². The van der Waals surface area contributed by atoms with Crippen LogP contribution in [0.1, 0.15) is 88.0 Å². The van der Waals surface area contributed by atoms with Crippen LogP contribution in [0.3, 0.4) is 0 Å². The van der Waals surface area contributed by atoms with Crippen molar-refractivity contribution < 1.29 is 23.7 Å². The van der Waals surface area contributed by atoms with Gasteiger partial charge in [-0.05, 0) is 99.8 Å². The van der Waals surface area contributed by atoms with Gasteiger partial charge in [-0.25, -0.2) is 4.98 Å². The Morgan fingerprint density at radius 2 is 1.79 bits per heavy atom. The molecule has 11 nitrogen and oxygen atoms in total. The average molecular weight is 717 g/mol. The van der Waals surface area contributed by atoms with Crippen LogP contribution < -0.4 is 16.0 Å². The third-order valence-corrected chi connectivity index (χ3v) is 11.2. The van der Waals surface area contributed by atoms with Gasteiger partial charge in [0.15, 0.2) is 0 Å². The Hall–Kier alpha value is -4.86. The van der Waals surface area contributed by atoms with E-state index in [1.54, 1.807) is 6.08 Å². The number of benzene rings is 2. The molecule has 1 aromatic heterocycles. The van der Waals surface area contributed by atoms with E-state index in [1.165, 1.54) is 18.6 Å². The fourth-order valence-electron chi connectivity index (χ4n) is 8.23. The number of nitrogens with zero attached hydrogens (tertiary/aromatic N) is 3. The number of hydrogen-bond donors (Lipinski definition) is 3. The number of nitriles is 1. The van der Waals surface area contributed by atoms with Gasteiger partial charge in [-0.15, -0.1) is 0 Å². The molecule has 4 fully saturated rings. The quantitative estimate of drug-likeness (QED) is 0.134. The van der Waals surface area contributed by atoms with Gasteiger partial charge < -0.3 is 25.3 Å². The van der Waals surface area contributed by atoms with Crippen molar-refractivity contribution in [1.82, 2.24) is 25.9 Å². The van der Waals surface area contributed by atoms with Gasteiger partial charge in [0.2, 0.25) is 5.91 Å². The molecule has 6 atom stereocenters. The van der Waals surface area contributed by atoms with Gasteiger partial charge in [0, 0.05) is 17.9 Å². The van der Waals surface area contributed by atoms with Crippen LogP contribution in [-0.2, 0) is 31.7 Å². The Labute approximate surface area is 312 Å². The van der Waals surface area contributed by atoms with Gasteiger partial charge in [-0.2, -0.15) is 5.26 Å². The SMILES string of the molecule is CC(C)(C)NC(=O)C(C#N)=Cc1cccc(CC[C@@H](NC(=O)c2cnccn2)C(=O)N[C@@H](Cc2ccccc2)B2O[C@@H]3C[C@@H]4C[C@@H](C4(C)C)[C@]3(C)O2)c1. The highest BCUT2D eigenvalue weighted by Gasteiger charge is 2.68. The predicted molar refractivity (Wildman–Crippen MR) is 202 cm³/mol. The Morgan fingerprint density at radius 1 is 1.04 bits per heavy atom. The molecular formula is C41H49BN6O5. The molecule has 0 unspecified atom stereocenters. The monoisotopic (exact) mass is 716 g/mol. The smallest absolute Gasteiger partial charge is 0.404 e. The van der Waals surface area contributed by atoms with Crippen LogP contribution in [0.5, 0.6) is 0 Å². The first-order valence-corrected chi connectivity index (χ1v) is 18.4. The summed E-state index contributed by atoms with van der Waals surface area (Å²) in [4.78, 5) is 48.6. The zero-order valence-electron chi connectivity index (χ0n) is 31.4. The van der Waals surface area contributed by atoms with E-state index >= 15 is 0 Å². The molecular weight excluding hydrogens is 667 g/mol. The molecule has 2 aromatic carbocycles. The normalized spacial score (nSPS) is 24.1. The van der Waals surface area contributed by atoms with E-state index in [9.17, 15) is 19.6 Å². The van der Waals surface area contributed by atoms with Crippen molar-refractivity contribution in [2.24, 2.45) is 17.3 Å². The molecule has 0 spiro atoms. The molecule has 7 rings (SSSR count). The van der Waals surface area contributed by atoms with E-state index in [2.05, 4.69) is 46.7 Å². The van der Waals surface area contributed by atoms with Crippen LogP contribution in [0.4, 0.5) is 0 Å². The van der Waals surface area contributed by atoms with Crippen molar-refractivity contribution >= 4 is 30.9 Å². The Balaban J connectivity index is 1.22. The van der Waals surface area contributed by atoms with Gasteiger partial charge in [-0.1, -0.05) is 68.4 Å². The van der Waals surface area contributed by atoms with Gasteiger partial charge >= 0.3 is 7.12 Å². The van der Waals surface area contributed by atoms with E-state index in [0.29, 0.717) is 30.2 Å². The lowest BCUT2D eigenvalue weighted by molar-refractivity contribution is -0.199. The standard InChI is InChI=1S/C41H49BN6O5/c1-39(2,3)48-36(49)29(24-43)20-28-14-10-13-27(19-28)15-16-31(46-38(51)32-25-44-17-18-45-32)37(50)47-35(21-26-11-8-7-9-12-26)42-52-34-23-30-22-33(40(30,4)5)41(34,6)53-42/h7-14,17-20,25,30-31,33-35H,15-16,21-23H2,1-6H3,(H,46,51)(H,47,50)(H,48,49)/t30-,31+,33-,34+,35-,41-/m0/s1. The maximum absolute atomic E-state index is 14.3. The lowest BCUT2D eigenvalue weighted by atomic mass is 9.43. The Kier molecular flexibility index (Phi) is 10.9. The Morgan fingerprint density at radius 3 is 2.47 bits per heavy atom. The summed E-state index contributed by atoms with van der Waals surface area (Å²) in [6.45, 7) is 12.3. The Bertz CT molecular complexity index is 1890. The number of amides is 3. The summed E-state index contributed by atoms with van der Waals surface area (Å²) in [5.74, 6) is -0.937. The highest BCUT2D eigenvalue weighted by atomic mass is 16.7. The zero-order chi connectivity index (χ0) is 38.0. The summed E-state index contributed by atoms with van der Waals surface area (Å²) >= 11 is 0. The minimum absolute atomic E-state index is 0.0131. The molecule has 12 heteroatoms. The highest BCUT2D eigenvalue weighted by Crippen LogP contribution is 2.65. The fraction of sp³-hybridized carbons (Fsp3) is 0.463. The molecule has 276 valence electrons. The second kappa shape index (κ2) is 15.2. The van der Waals surface area contributed by atoms with Crippen molar-refractivity contribution in [2.75, 3.05) is 0 Å². The lowest BCUT2D eigenvalue weighted by Crippen LogP contribution is -2.65. The van der Waals surface area contributed by atoms with Crippen molar-refractivity contribution in [3.05, 3.63) is 101 Å². The highest BCUT2D eigenvalue weighted by molar-refractivity contribution is 6.48. The molecule has 4 aliphatic rings. The first-order valence-electron chi connectivity index (χ1n) is 18.4. The second-order valence-corrected chi connectivity index (χ2v) is 16.4. The number of carbonyl (C=O) groups excluding carboxylic acids is 3. The molecule has 53 heavy (non-hydrogen) atoms. The van der Waals surface area contributed by atoms with Gasteiger partial charge in [-0.3, -0.25) is 19.4 Å². The summed E-state index contributed by atoms with van der Waals surface area (Å²) in [5, 5.41) is 18.6. The van der Waals surface area contributed by atoms with Gasteiger partial charge in [0.05, 0.1) is 23.8 Å². The van der Waals surface area contributed by atoms with E-state index in [4.69, 9.17) is 9.31 Å². The van der Waals surface area contributed by atoms with Crippen LogP contribution in [0, 0.1) is 28.6 Å². The fourth-order valence-corrected chi connectivity index (χ4v) is 8.23. The molecule has 2 heterocycles. The predicted octanol–water partition coefficient (Wildman–Crippen LogP) is 5.02. The van der Waals surface area contributed by atoms with Crippen molar-refractivity contribution in [1.29, 1.82) is 5.26 Å². The molecule has 1 saturated heterocycles. The summed E-state index contributed by atoms with van der Waals surface area (Å²) in [6, 6.07) is 18.4. The lowest BCUT2D eigenvalue weighted by Gasteiger charge is -2.64.